The van der Waals surface area contributed by atoms with Crippen molar-refractivity contribution in [1.29, 1.82) is 0 Å². The maximum atomic E-state index is 12.2. The monoisotopic (exact) mass is 276 g/mol. The third kappa shape index (κ3) is 3.53. The lowest BCUT2D eigenvalue weighted by atomic mass is 9.99. The summed E-state index contributed by atoms with van der Waals surface area (Å²) in [6, 6.07) is 7.94. The van der Waals surface area contributed by atoms with E-state index in [-0.39, 0.29) is 11.8 Å². The Morgan fingerprint density at radius 3 is 2.84 bits per heavy atom. The normalized spacial score (nSPS) is 12.5. The Bertz CT molecular complexity index is 517. The Morgan fingerprint density at radius 1 is 1.37 bits per heavy atom. The molecule has 2 aromatic rings. The van der Waals surface area contributed by atoms with Crippen LogP contribution in [0.1, 0.15) is 39.5 Å². The van der Waals surface area contributed by atoms with E-state index in [0.717, 1.165) is 35.9 Å². The smallest absolute Gasteiger partial charge is 0.229 e. The molecular formula is C15H20N2OS. The predicted octanol–water partition coefficient (Wildman–Crippen LogP) is 4.45. The van der Waals surface area contributed by atoms with Crippen molar-refractivity contribution in [3.63, 3.8) is 0 Å². The van der Waals surface area contributed by atoms with Crippen molar-refractivity contribution >= 4 is 32.6 Å². The van der Waals surface area contributed by atoms with Gasteiger partial charge in [0.15, 0.2) is 5.13 Å². The summed E-state index contributed by atoms with van der Waals surface area (Å²) in [5, 5.41) is 3.67. The fourth-order valence-electron chi connectivity index (χ4n) is 2.10. The number of carbonyl (C=O) groups is 1. The summed E-state index contributed by atoms with van der Waals surface area (Å²) in [7, 11) is 0. The van der Waals surface area contributed by atoms with Gasteiger partial charge in [-0.2, -0.15) is 0 Å². The minimum atomic E-state index is 0.104. The standard InChI is InChI=1S/C15H20N2OS/c1-3-5-8-11(4-2)14(18)17-15-16-12-9-6-7-10-13(12)19-15/h6-7,9-11H,3-5,8H2,1-2H3,(H,16,17,18). The molecule has 1 unspecified atom stereocenters. The zero-order valence-corrected chi connectivity index (χ0v) is 12.3. The van der Waals surface area contributed by atoms with Crippen LogP contribution in [0.15, 0.2) is 24.3 Å². The van der Waals surface area contributed by atoms with Crippen molar-refractivity contribution in [2.75, 3.05) is 5.32 Å². The molecular weight excluding hydrogens is 256 g/mol. The quantitative estimate of drug-likeness (QED) is 0.846. The number of thiazole rings is 1. The van der Waals surface area contributed by atoms with Gasteiger partial charge >= 0.3 is 0 Å². The number of fused-ring (bicyclic) bond motifs is 1. The summed E-state index contributed by atoms with van der Waals surface area (Å²) in [6.45, 7) is 4.22. The van der Waals surface area contributed by atoms with E-state index >= 15 is 0 Å². The predicted molar refractivity (Wildman–Crippen MR) is 81.6 cm³/mol. The van der Waals surface area contributed by atoms with Crippen LogP contribution in [0.3, 0.4) is 0 Å². The van der Waals surface area contributed by atoms with Gasteiger partial charge in [0.1, 0.15) is 0 Å². The second-order valence-corrected chi connectivity index (χ2v) is 5.75. The Labute approximate surface area is 118 Å². The average Bonchev–Trinajstić information content (AvgIpc) is 2.81. The molecule has 19 heavy (non-hydrogen) atoms. The van der Waals surface area contributed by atoms with Gasteiger partial charge in [-0.15, -0.1) is 0 Å². The number of aromatic nitrogens is 1. The van der Waals surface area contributed by atoms with Crippen LogP contribution < -0.4 is 5.32 Å². The molecule has 1 atom stereocenters. The number of carbonyl (C=O) groups excluding carboxylic acids is 1. The van der Waals surface area contributed by atoms with E-state index in [1.807, 2.05) is 24.3 Å². The van der Waals surface area contributed by atoms with Crippen LogP contribution in [0.2, 0.25) is 0 Å². The Hall–Kier alpha value is -1.42. The van der Waals surface area contributed by atoms with Crippen molar-refractivity contribution in [3.05, 3.63) is 24.3 Å². The number of para-hydroxylation sites is 1. The lowest BCUT2D eigenvalue weighted by Crippen LogP contribution is -2.22. The van der Waals surface area contributed by atoms with Gasteiger partial charge < -0.3 is 5.32 Å². The van der Waals surface area contributed by atoms with E-state index in [1.165, 1.54) is 11.3 Å². The van der Waals surface area contributed by atoms with Crippen LogP contribution >= 0.6 is 11.3 Å². The highest BCUT2D eigenvalue weighted by molar-refractivity contribution is 7.22. The Morgan fingerprint density at radius 2 is 2.16 bits per heavy atom. The first-order valence-corrected chi connectivity index (χ1v) is 7.72. The Balaban J connectivity index is 2.04. The van der Waals surface area contributed by atoms with Crippen LogP contribution in [0, 0.1) is 5.92 Å². The molecule has 0 aliphatic carbocycles. The SMILES string of the molecule is CCCCC(CC)C(=O)Nc1nc2ccccc2s1. The van der Waals surface area contributed by atoms with E-state index in [0.29, 0.717) is 5.13 Å². The molecule has 1 aromatic carbocycles. The molecule has 0 spiro atoms. The summed E-state index contributed by atoms with van der Waals surface area (Å²) in [5.41, 5.74) is 0.949. The molecule has 0 bridgehead atoms. The van der Waals surface area contributed by atoms with Gasteiger partial charge in [-0.05, 0) is 25.0 Å². The van der Waals surface area contributed by atoms with Gasteiger partial charge in [-0.25, -0.2) is 4.98 Å². The summed E-state index contributed by atoms with van der Waals surface area (Å²) < 4.78 is 1.11. The topological polar surface area (TPSA) is 42.0 Å². The van der Waals surface area contributed by atoms with Gasteiger partial charge in [-0.1, -0.05) is 50.2 Å². The highest BCUT2D eigenvalue weighted by atomic mass is 32.1. The molecule has 0 radical (unpaired) electrons. The Kier molecular flexibility index (Phi) is 4.91. The third-order valence-electron chi connectivity index (χ3n) is 3.29. The van der Waals surface area contributed by atoms with Crippen LogP contribution in [0.5, 0.6) is 0 Å². The molecule has 102 valence electrons. The molecule has 0 fully saturated rings. The number of unbranched alkanes of at least 4 members (excludes halogenated alkanes) is 1. The molecule has 0 aliphatic heterocycles. The maximum Gasteiger partial charge on any atom is 0.229 e. The second kappa shape index (κ2) is 6.66. The van der Waals surface area contributed by atoms with Gasteiger partial charge in [0, 0.05) is 5.92 Å². The van der Waals surface area contributed by atoms with Crippen molar-refractivity contribution < 1.29 is 4.79 Å². The minimum Gasteiger partial charge on any atom is -0.302 e. The zero-order valence-electron chi connectivity index (χ0n) is 11.5. The number of nitrogens with zero attached hydrogens (tertiary/aromatic N) is 1. The highest BCUT2D eigenvalue weighted by Gasteiger charge is 2.17. The fraction of sp³-hybridized carbons (Fsp3) is 0.467. The second-order valence-electron chi connectivity index (χ2n) is 4.72. The lowest BCUT2D eigenvalue weighted by molar-refractivity contribution is -0.120. The van der Waals surface area contributed by atoms with Gasteiger partial charge in [-0.3, -0.25) is 4.79 Å². The molecule has 0 saturated heterocycles. The molecule has 2 rings (SSSR count). The number of hydrogen-bond acceptors (Lipinski definition) is 3. The molecule has 1 heterocycles. The minimum absolute atomic E-state index is 0.104. The van der Waals surface area contributed by atoms with Crippen molar-refractivity contribution in [3.8, 4) is 0 Å². The van der Waals surface area contributed by atoms with E-state index in [1.54, 1.807) is 0 Å². The number of hydrogen-bond donors (Lipinski definition) is 1. The number of amides is 1. The molecule has 0 saturated carbocycles. The van der Waals surface area contributed by atoms with Crippen LogP contribution in [-0.2, 0) is 4.79 Å². The zero-order chi connectivity index (χ0) is 13.7. The summed E-state index contributed by atoms with van der Waals surface area (Å²) >= 11 is 1.53. The maximum absolute atomic E-state index is 12.2. The van der Waals surface area contributed by atoms with E-state index in [9.17, 15) is 4.79 Å². The first kappa shape index (κ1) is 14.0. The molecule has 1 N–H and O–H groups in total. The van der Waals surface area contributed by atoms with Crippen LogP contribution in [-0.4, -0.2) is 10.9 Å². The van der Waals surface area contributed by atoms with Crippen molar-refractivity contribution in [2.45, 2.75) is 39.5 Å². The number of rotatable bonds is 6. The van der Waals surface area contributed by atoms with Gasteiger partial charge in [0.2, 0.25) is 5.91 Å². The fourth-order valence-corrected chi connectivity index (χ4v) is 2.97. The summed E-state index contributed by atoms with van der Waals surface area (Å²) in [5.74, 6) is 0.210. The highest BCUT2D eigenvalue weighted by Crippen LogP contribution is 2.26. The average molecular weight is 276 g/mol. The van der Waals surface area contributed by atoms with Crippen LogP contribution in [0.4, 0.5) is 5.13 Å². The largest absolute Gasteiger partial charge is 0.302 e. The third-order valence-corrected chi connectivity index (χ3v) is 4.25. The van der Waals surface area contributed by atoms with Gasteiger partial charge in [0.05, 0.1) is 10.2 Å². The molecule has 1 aromatic heterocycles. The molecule has 0 aliphatic rings. The number of nitrogens with one attached hydrogen (secondary N) is 1. The summed E-state index contributed by atoms with van der Waals surface area (Å²) in [4.78, 5) is 16.6. The van der Waals surface area contributed by atoms with Gasteiger partial charge in [0.25, 0.3) is 0 Å². The van der Waals surface area contributed by atoms with Crippen molar-refractivity contribution in [2.24, 2.45) is 5.92 Å². The van der Waals surface area contributed by atoms with E-state index in [2.05, 4.69) is 24.1 Å². The van der Waals surface area contributed by atoms with E-state index in [4.69, 9.17) is 0 Å². The van der Waals surface area contributed by atoms with Crippen LogP contribution in [0.25, 0.3) is 10.2 Å². The van der Waals surface area contributed by atoms with Crippen molar-refractivity contribution in [1.82, 2.24) is 4.98 Å². The number of anilines is 1. The van der Waals surface area contributed by atoms with E-state index < -0.39 is 0 Å². The molecule has 1 amide bonds. The first-order valence-electron chi connectivity index (χ1n) is 6.91. The first-order chi connectivity index (χ1) is 9.24. The number of benzene rings is 1. The molecule has 3 nitrogen and oxygen atoms in total. The summed E-state index contributed by atoms with van der Waals surface area (Å²) in [6.07, 6.45) is 4.08. The lowest BCUT2D eigenvalue weighted by Gasteiger charge is -2.12. The molecule has 4 heteroatoms.